The molecule has 1 heterocycles. The maximum absolute atomic E-state index is 12.1. The molecule has 6 heteroatoms. The average Bonchev–Trinajstić information content (AvgIpc) is 2.30. The van der Waals surface area contributed by atoms with Crippen molar-refractivity contribution in [3.05, 3.63) is 33.3 Å². The van der Waals surface area contributed by atoms with Gasteiger partial charge in [0, 0.05) is 29.0 Å². The second-order valence-electron chi connectivity index (χ2n) is 4.73. The minimum Gasteiger partial charge on any atom is -0.481 e. The largest absolute Gasteiger partial charge is 0.481 e. The predicted octanol–water partition coefficient (Wildman–Crippen LogP) is 2.90. The Labute approximate surface area is 124 Å². The number of aliphatic carboxylic acids is 1. The summed E-state index contributed by atoms with van der Waals surface area (Å²) in [6.07, 6.45) is 0. The second kappa shape index (κ2) is 5.51. The van der Waals surface area contributed by atoms with E-state index in [1.54, 1.807) is 30.0 Å². The SMILES string of the molecule is CC(C(=O)O)C1CN(C(=O)c2ccc(Cl)c(Br)c2)C1. The first-order chi connectivity index (χ1) is 8.90. The van der Waals surface area contributed by atoms with Crippen LogP contribution in [0.2, 0.25) is 5.02 Å². The van der Waals surface area contributed by atoms with E-state index >= 15 is 0 Å². The quantitative estimate of drug-likeness (QED) is 0.915. The number of likely N-dealkylation sites (tertiary alicyclic amines) is 1. The van der Waals surface area contributed by atoms with Crippen LogP contribution in [0.1, 0.15) is 17.3 Å². The zero-order valence-corrected chi connectivity index (χ0v) is 12.6. The van der Waals surface area contributed by atoms with Crippen LogP contribution in [-0.4, -0.2) is 35.0 Å². The molecule has 4 nitrogen and oxygen atoms in total. The Morgan fingerprint density at radius 1 is 1.47 bits per heavy atom. The van der Waals surface area contributed by atoms with Gasteiger partial charge in [-0.25, -0.2) is 0 Å². The van der Waals surface area contributed by atoms with E-state index in [-0.39, 0.29) is 11.8 Å². The Bertz CT molecular complexity index is 529. The van der Waals surface area contributed by atoms with E-state index in [0.29, 0.717) is 28.1 Å². The van der Waals surface area contributed by atoms with Crippen molar-refractivity contribution in [3.8, 4) is 0 Å². The van der Waals surface area contributed by atoms with Gasteiger partial charge in [0.2, 0.25) is 0 Å². The van der Waals surface area contributed by atoms with Crippen LogP contribution in [0.3, 0.4) is 0 Å². The molecule has 2 rings (SSSR count). The smallest absolute Gasteiger partial charge is 0.306 e. The summed E-state index contributed by atoms with van der Waals surface area (Å²) < 4.78 is 0.677. The molecule has 1 aromatic rings. The fourth-order valence-corrected chi connectivity index (χ4v) is 2.50. The minimum atomic E-state index is -0.814. The molecule has 1 aromatic carbocycles. The van der Waals surface area contributed by atoms with Crippen molar-refractivity contribution in [2.45, 2.75) is 6.92 Å². The van der Waals surface area contributed by atoms with Gasteiger partial charge < -0.3 is 10.0 Å². The van der Waals surface area contributed by atoms with E-state index in [4.69, 9.17) is 16.7 Å². The first kappa shape index (κ1) is 14.3. The van der Waals surface area contributed by atoms with Crippen LogP contribution >= 0.6 is 27.5 Å². The fraction of sp³-hybridized carbons (Fsp3) is 0.385. The summed E-state index contributed by atoms with van der Waals surface area (Å²) in [5.74, 6) is -1.28. The summed E-state index contributed by atoms with van der Waals surface area (Å²) in [5.41, 5.74) is 0.553. The van der Waals surface area contributed by atoms with Gasteiger partial charge >= 0.3 is 5.97 Å². The molecule has 0 aromatic heterocycles. The number of carboxylic acids is 1. The van der Waals surface area contributed by atoms with Gasteiger partial charge in [0.1, 0.15) is 0 Å². The molecule has 0 saturated carbocycles. The number of halogens is 2. The van der Waals surface area contributed by atoms with Gasteiger partial charge in [-0.3, -0.25) is 9.59 Å². The lowest BCUT2D eigenvalue weighted by Crippen LogP contribution is -2.53. The molecule has 1 aliphatic heterocycles. The Morgan fingerprint density at radius 2 is 2.11 bits per heavy atom. The average molecular weight is 347 g/mol. The molecule has 0 spiro atoms. The first-order valence-corrected chi connectivity index (χ1v) is 7.04. The van der Waals surface area contributed by atoms with Crippen LogP contribution in [0, 0.1) is 11.8 Å². The molecule has 1 aliphatic rings. The highest BCUT2D eigenvalue weighted by Crippen LogP contribution is 2.28. The van der Waals surface area contributed by atoms with E-state index in [2.05, 4.69) is 15.9 Å². The maximum Gasteiger partial charge on any atom is 0.306 e. The molecule has 1 saturated heterocycles. The zero-order chi connectivity index (χ0) is 14.2. The summed E-state index contributed by atoms with van der Waals surface area (Å²) in [6, 6.07) is 5.01. The molecule has 0 aliphatic carbocycles. The molecule has 1 N–H and O–H groups in total. The number of amides is 1. The number of hydrogen-bond donors (Lipinski definition) is 1. The van der Waals surface area contributed by atoms with Gasteiger partial charge in [-0.1, -0.05) is 18.5 Å². The van der Waals surface area contributed by atoms with Crippen LogP contribution in [0.5, 0.6) is 0 Å². The van der Waals surface area contributed by atoms with Crippen molar-refractivity contribution in [3.63, 3.8) is 0 Å². The van der Waals surface area contributed by atoms with Crippen LogP contribution in [-0.2, 0) is 4.79 Å². The lowest BCUT2D eigenvalue weighted by Gasteiger charge is -2.41. The van der Waals surface area contributed by atoms with Crippen LogP contribution in [0.15, 0.2) is 22.7 Å². The Balaban J connectivity index is 2.00. The summed E-state index contributed by atoms with van der Waals surface area (Å²) >= 11 is 9.15. The molecule has 19 heavy (non-hydrogen) atoms. The molecule has 1 fully saturated rings. The van der Waals surface area contributed by atoms with Gasteiger partial charge in [-0.2, -0.15) is 0 Å². The molecule has 1 atom stereocenters. The maximum atomic E-state index is 12.1. The van der Waals surface area contributed by atoms with Crippen molar-refractivity contribution in [2.75, 3.05) is 13.1 Å². The van der Waals surface area contributed by atoms with Gasteiger partial charge in [0.25, 0.3) is 5.91 Å². The number of carboxylic acid groups (broad SMARTS) is 1. The summed E-state index contributed by atoms with van der Waals surface area (Å²) in [4.78, 5) is 24.6. The molecular formula is C13H13BrClNO3. The highest BCUT2D eigenvalue weighted by Gasteiger charge is 2.37. The standard InChI is InChI=1S/C13H13BrClNO3/c1-7(13(18)19)9-5-16(6-9)12(17)8-2-3-11(15)10(14)4-8/h2-4,7,9H,5-6H2,1H3,(H,18,19). The summed E-state index contributed by atoms with van der Waals surface area (Å²) in [6.45, 7) is 2.66. The summed E-state index contributed by atoms with van der Waals surface area (Å²) in [7, 11) is 0. The zero-order valence-electron chi connectivity index (χ0n) is 10.3. The number of carbonyl (C=O) groups excluding carboxylic acids is 1. The van der Waals surface area contributed by atoms with E-state index in [1.165, 1.54) is 0 Å². The van der Waals surface area contributed by atoms with Crippen LogP contribution in [0.4, 0.5) is 0 Å². The third-order valence-corrected chi connectivity index (χ3v) is 4.67. The third-order valence-electron chi connectivity index (χ3n) is 3.46. The second-order valence-corrected chi connectivity index (χ2v) is 5.99. The number of benzene rings is 1. The molecule has 102 valence electrons. The number of carbonyl (C=O) groups is 2. The topological polar surface area (TPSA) is 57.6 Å². The molecule has 1 unspecified atom stereocenters. The highest BCUT2D eigenvalue weighted by atomic mass is 79.9. The van der Waals surface area contributed by atoms with Gasteiger partial charge in [-0.05, 0) is 34.1 Å². The lowest BCUT2D eigenvalue weighted by atomic mass is 9.86. The Morgan fingerprint density at radius 3 is 2.63 bits per heavy atom. The Hall–Kier alpha value is -1.07. The molecule has 1 amide bonds. The molecular weight excluding hydrogens is 334 g/mol. The molecule has 0 radical (unpaired) electrons. The van der Waals surface area contributed by atoms with E-state index < -0.39 is 11.9 Å². The first-order valence-electron chi connectivity index (χ1n) is 5.87. The van der Waals surface area contributed by atoms with Crippen molar-refractivity contribution < 1.29 is 14.7 Å². The van der Waals surface area contributed by atoms with Crippen molar-refractivity contribution in [2.24, 2.45) is 11.8 Å². The number of nitrogens with zero attached hydrogens (tertiary/aromatic N) is 1. The Kier molecular flexibility index (Phi) is 4.16. The number of hydrogen-bond acceptors (Lipinski definition) is 2. The van der Waals surface area contributed by atoms with E-state index in [9.17, 15) is 9.59 Å². The monoisotopic (exact) mass is 345 g/mol. The van der Waals surface area contributed by atoms with Gasteiger partial charge in [0.05, 0.1) is 10.9 Å². The van der Waals surface area contributed by atoms with Gasteiger partial charge in [-0.15, -0.1) is 0 Å². The van der Waals surface area contributed by atoms with Gasteiger partial charge in [0.15, 0.2) is 0 Å². The summed E-state index contributed by atoms with van der Waals surface area (Å²) in [5, 5.41) is 9.46. The third kappa shape index (κ3) is 2.92. The van der Waals surface area contributed by atoms with Crippen molar-refractivity contribution in [1.82, 2.24) is 4.90 Å². The van der Waals surface area contributed by atoms with Crippen molar-refractivity contribution >= 4 is 39.4 Å². The normalized spacial score (nSPS) is 16.9. The van der Waals surface area contributed by atoms with Crippen molar-refractivity contribution in [1.29, 1.82) is 0 Å². The van der Waals surface area contributed by atoms with E-state index in [0.717, 1.165) is 0 Å². The lowest BCUT2D eigenvalue weighted by molar-refractivity contribution is -0.144. The highest BCUT2D eigenvalue weighted by molar-refractivity contribution is 9.10. The number of rotatable bonds is 3. The molecule has 0 bridgehead atoms. The predicted molar refractivity (Wildman–Crippen MR) is 75.3 cm³/mol. The van der Waals surface area contributed by atoms with E-state index in [1.807, 2.05) is 0 Å². The fourth-order valence-electron chi connectivity index (χ4n) is 2.01. The van der Waals surface area contributed by atoms with Crippen LogP contribution in [0.25, 0.3) is 0 Å². The minimum absolute atomic E-state index is 0.0391. The van der Waals surface area contributed by atoms with Crippen LogP contribution < -0.4 is 0 Å².